The van der Waals surface area contributed by atoms with E-state index in [1.54, 1.807) is 12.1 Å². The lowest BCUT2D eigenvalue weighted by Gasteiger charge is -2.07. The molecule has 2 aromatic rings. The molecule has 2 N–H and O–H groups in total. The van der Waals surface area contributed by atoms with Crippen molar-refractivity contribution in [2.24, 2.45) is 0 Å². The van der Waals surface area contributed by atoms with Gasteiger partial charge in [-0.05, 0) is 55.3 Å². The van der Waals surface area contributed by atoms with Crippen LogP contribution in [0.3, 0.4) is 0 Å². The number of rotatable bonds is 2. The SMILES string of the molecule is Cc1cc(C)cc(NC(=O)c2cccc(O)c2)c1. The number of anilines is 1. The number of benzene rings is 2. The Morgan fingerprint density at radius 2 is 1.72 bits per heavy atom. The van der Waals surface area contributed by atoms with Gasteiger partial charge in [0.25, 0.3) is 5.91 Å². The Morgan fingerprint density at radius 3 is 2.33 bits per heavy atom. The van der Waals surface area contributed by atoms with Crippen molar-refractivity contribution in [3.63, 3.8) is 0 Å². The molecule has 0 spiro atoms. The predicted octanol–water partition coefficient (Wildman–Crippen LogP) is 3.26. The summed E-state index contributed by atoms with van der Waals surface area (Å²) < 4.78 is 0. The molecule has 0 aliphatic heterocycles. The summed E-state index contributed by atoms with van der Waals surface area (Å²) in [5.41, 5.74) is 3.40. The molecule has 3 nitrogen and oxygen atoms in total. The van der Waals surface area contributed by atoms with Gasteiger partial charge in [0, 0.05) is 11.3 Å². The molecule has 0 atom stereocenters. The lowest BCUT2D eigenvalue weighted by atomic mass is 10.1. The number of carbonyl (C=O) groups excluding carboxylic acids is 1. The molecule has 18 heavy (non-hydrogen) atoms. The smallest absolute Gasteiger partial charge is 0.255 e. The second-order valence-corrected chi connectivity index (χ2v) is 4.38. The molecule has 0 saturated carbocycles. The first kappa shape index (κ1) is 12.2. The van der Waals surface area contributed by atoms with Crippen molar-refractivity contribution >= 4 is 11.6 Å². The summed E-state index contributed by atoms with van der Waals surface area (Å²) >= 11 is 0. The summed E-state index contributed by atoms with van der Waals surface area (Å²) in [6.45, 7) is 3.97. The van der Waals surface area contributed by atoms with Gasteiger partial charge in [0.2, 0.25) is 0 Å². The van der Waals surface area contributed by atoms with Gasteiger partial charge >= 0.3 is 0 Å². The van der Waals surface area contributed by atoms with Gasteiger partial charge in [-0.15, -0.1) is 0 Å². The van der Waals surface area contributed by atoms with Crippen molar-refractivity contribution in [1.29, 1.82) is 0 Å². The molecule has 3 heteroatoms. The molecule has 0 fully saturated rings. The highest BCUT2D eigenvalue weighted by atomic mass is 16.3. The highest BCUT2D eigenvalue weighted by molar-refractivity contribution is 6.04. The monoisotopic (exact) mass is 241 g/mol. The van der Waals surface area contributed by atoms with Crippen LogP contribution in [0.25, 0.3) is 0 Å². The molecule has 0 bridgehead atoms. The molecule has 0 radical (unpaired) electrons. The van der Waals surface area contributed by atoms with E-state index in [2.05, 4.69) is 5.32 Å². The van der Waals surface area contributed by atoms with Crippen LogP contribution in [0.4, 0.5) is 5.69 Å². The van der Waals surface area contributed by atoms with E-state index >= 15 is 0 Å². The van der Waals surface area contributed by atoms with E-state index < -0.39 is 0 Å². The van der Waals surface area contributed by atoms with Crippen LogP contribution in [-0.4, -0.2) is 11.0 Å². The molecule has 0 aliphatic carbocycles. The standard InChI is InChI=1S/C15H15NO2/c1-10-6-11(2)8-13(7-10)16-15(18)12-4-3-5-14(17)9-12/h3-9,17H,1-2H3,(H,16,18). The van der Waals surface area contributed by atoms with Crippen LogP contribution >= 0.6 is 0 Å². The van der Waals surface area contributed by atoms with Gasteiger partial charge in [0.05, 0.1) is 0 Å². The topological polar surface area (TPSA) is 49.3 Å². The minimum Gasteiger partial charge on any atom is -0.508 e. The molecule has 92 valence electrons. The van der Waals surface area contributed by atoms with E-state index in [1.165, 1.54) is 12.1 Å². The molecular weight excluding hydrogens is 226 g/mol. The summed E-state index contributed by atoms with van der Waals surface area (Å²) in [6.07, 6.45) is 0. The number of hydrogen-bond acceptors (Lipinski definition) is 2. The number of aryl methyl sites for hydroxylation is 2. The minimum atomic E-state index is -0.226. The van der Waals surface area contributed by atoms with Gasteiger partial charge < -0.3 is 10.4 Å². The van der Waals surface area contributed by atoms with E-state index in [0.717, 1.165) is 16.8 Å². The Hall–Kier alpha value is -2.29. The van der Waals surface area contributed by atoms with Crippen LogP contribution in [0.15, 0.2) is 42.5 Å². The van der Waals surface area contributed by atoms with Gasteiger partial charge in [0.15, 0.2) is 0 Å². The summed E-state index contributed by atoms with van der Waals surface area (Å²) in [7, 11) is 0. The fourth-order valence-corrected chi connectivity index (χ4v) is 1.90. The first-order valence-electron chi connectivity index (χ1n) is 5.73. The van der Waals surface area contributed by atoms with Crippen molar-refractivity contribution in [2.45, 2.75) is 13.8 Å². The van der Waals surface area contributed by atoms with E-state index in [4.69, 9.17) is 0 Å². The van der Waals surface area contributed by atoms with Crippen LogP contribution in [0.2, 0.25) is 0 Å². The number of aromatic hydroxyl groups is 1. The average Bonchev–Trinajstić information content (AvgIpc) is 2.27. The Bertz CT molecular complexity index is 571. The fourth-order valence-electron chi connectivity index (χ4n) is 1.90. The largest absolute Gasteiger partial charge is 0.508 e. The predicted molar refractivity (Wildman–Crippen MR) is 72.0 cm³/mol. The summed E-state index contributed by atoms with van der Waals surface area (Å²) in [4.78, 5) is 12.0. The van der Waals surface area contributed by atoms with E-state index in [9.17, 15) is 9.90 Å². The number of hydrogen-bond donors (Lipinski definition) is 2. The molecule has 0 aromatic heterocycles. The van der Waals surface area contributed by atoms with Crippen molar-refractivity contribution in [2.75, 3.05) is 5.32 Å². The second-order valence-electron chi connectivity index (χ2n) is 4.38. The van der Waals surface area contributed by atoms with Crippen LogP contribution in [0.1, 0.15) is 21.5 Å². The first-order valence-corrected chi connectivity index (χ1v) is 5.73. The maximum atomic E-state index is 12.0. The zero-order valence-corrected chi connectivity index (χ0v) is 10.4. The highest BCUT2D eigenvalue weighted by Gasteiger charge is 2.07. The summed E-state index contributed by atoms with van der Waals surface area (Å²) in [5, 5.41) is 12.2. The van der Waals surface area contributed by atoms with E-state index in [1.807, 2.05) is 32.0 Å². The molecule has 2 aromatic carbocycles. The van der Waals surface area contributed by atoms with Gasteiger partial charge in [-0.3, -0.25) is 4.79 Å². The quantitative estimate of drug-likeness (QED) is 0.847. The maximum absolute atomic E-state index is 12.0. The number of amides is 1. The van der Waals surface area contributed by atoms with Crippen LogP contribution in [0.5, 0.6) is 5.75 Å². The third-order valence-electron chi connectivity index (χ3n) is 2.59. The normalized spacial score (nSPS) is 10.1. The van der Waals surface area contributed by atoms with Crippen molar-refractivity contribution in [3.8, 4) is 5.75 Å². The molecular formula is C15H15NO2. The molecule has 2 rings (SSSR count). The lowest BCUT2D eigenvalue weighted by molar-refractivity contribution is 0.102. The van der Waals surface area contributed by atoms with Gasteiger partial charge in [-0.1, -0.05) is 12.1 Å². The Kier molecular flexibility index (Phi) is 3.33. The number of carbonyl (C=O) groups is 1. The van der Waals surface area contributed by atoms with Gasteiger partial charge in [0.1, 0.15) is 5.75 Å². The molecule has 0 unspecified atom stereocenters. The molecule has 0 aliphatic rings. The number of phenolic OH excluding ortho intramolecular Hbond substituents is 1. The van der Waals surface area contributed by atoms with Crippen LogP contribution in [0, 0.1) is 13.8 Å². The Morgan fingerprint density at radius 1 is 1.06 bits per heavy atom. The van der Waals surface area contributed by atoms with Gasteiger partial charge in [-0.2, -0.15) is 0 Å². The van der Waals surface area contributed by atoms with E-state index in [0.29, 0.717) is 5.56 Å². The maximum Gasteiger partial charge on any atom is 0.255 e. The molecule has 0 heterocycles. The molecule has 1 amide bonds. The van der Waals surface area contributed by atoms with Crippen molar-refractivity contribution in [1.82, 2.24) is 0 Å². The number of phenols is 1. The zero-order chi connectivity index (χ0) is 13.1. The van der Waals surface area contributed by atoms with E-state index in [-0.39, 0.29) is 11.7 Å². The highest BCUT2D eigenvalue weighted by Crippen LogP contribution is 2.16. The second kappa shape index (κ2) is 4.92. The van der Waals surface area contributed by atoms with Crippen molar-refractivity contribution < 1.29 is 9.90 Å². The Labute approximate surface area is 106 Å². The van der Waals surface area contributed by atoms with Crippen LogP contribution in [-0.2, 0) is 0 Å². The zero-order valence-electron chi connectivity index (χ0n) is 10.4. The third kappa shape index (κ3) is 2.88. The van der Waals surface area contributed by atoms with Crippen molar-refractivity contribution in [3.05, 3.63) is 59.2 Å². The number of nitrogens with one attached hydrogen (secondary N) is 1. The van der Waals surface area contributed by atoms with Gasteiger partial charge in [-0.25, -0.2) is 0 Å². The van der Waals surface area contributed by atoms with Crippen LogP contribution < -0.4 is 5.32 Å². The average molecular weight is 241 g/mol. The first-order chi connectivity index (χ1) is 8.54. The Balaban J connectivity index is 2.21. The third-order valence-corrected chi connectivity index (χ3v) is 2.59. The fraction of sp³-hybridized carbons (Fsp3) is 0.133. The summed E-state index contributed by atoms with van der Waals surface area (Å²) in [6, 6.07) is 12.2. The molecule has 0 saturated heterocycles. The lowest BCUT2D eigenvalue weighted by Crippen LogP contribution is -2.11. The summed E-state index contributed by atoms with van der Waals surface area (Å²) in [5.74, 6) is -0.140. The minimum absolute atomic E-state index is 0.0862.